The largest absolute Gasteiger partial charge is 0.454 e. The second kappa shape index (κ2) is 13.0. The summed E-state index contributed by atoms with van der Waals surface area (Å²) in [5.41, 5.74) is 8.01. The lowest BCUT2D eigenvalue weighted by Crippen LogP contribution is -2.57. The number of imidazole rings is 2. The fourth-order valence-corrected chi connectivity index (χ4v) is 9.54. The van der Waals surface area contributed by atoms with Crippen LogP contribution in [0, 0.1) is 38.0 Å². The molecule has 2 aliphatic carbocycles. The lowest BCUT2D eigenvalue weighted by atomic mass is 9.47. The number of pyridine rings is 2. The second-order valence-corrected chi connectivity index (χ2v) is 16.0. The van der Waals surface area contributed by atoms with Gasteiger partial charge in [-0.1, -0.05) is 31.5 Å². The average Bonchev–Trinajstić information content (AvgIpc) is 3.94. The van der Waals surface area contributed by atoms with Gasteiger partial charge in [0.15, 0.2) is 23.0 Å². The number of amides is 2. The Bertz CT molecular complexity index is 2570. The van der Waals surface area contributed by atoms with Crippen LogP contribution < -0.4 is 29.6 Å². The molecule has 56 heavy (non-hydrogen) atoms. The molecule has 12 heteroatoms. The molecule has 6 heterocycles. The molecule has 2 saturated carbocycles. The fourth-order valence-electron chi connectivity index (χ4n) is 9.54. The number of hydrogen-bond acceptors (Lipinski definition) is 8. The Morgan fingerprint density at radius 3 is 2.14 bits per heavy atom. The molecule has 4 aliphatic rings. The van der Waals surface area contributed by atoms with E-state index in [0.717, 1.165) is 65.2 Å². The molecule has 286 valence electrons. The third-order valence-corrected chi connectivity index (χ3v) is 12.6. The molecule has 0 spiro atoms. The van der Waals surface area contributed by atoms with Crippen molar-refractivity contribution in [2.75, 3.05) is 6.79 Å². The number of hydrogen-bond donors (Lipinski definition) is 2. The van der Waals surface area contributed by atoms with Crippen LogP contribution in [0.4, 0.5) is 0 Å². The first-order valence-electron chi connectivity index (χ1n) is 19.5. The predicted octanol–water partition coefficient (Wildman–Crippen LogP) is 7.20. The maximum absolute atomic E-state index is 13.5. The zero-order valence-electron chi connectivity index (χ0n) is 31.9. The highest BCUT2D eigenvalue weighted by Gasteiger charge is 2.61. The molecule has 6 aromatic rings. The third kappa shape index (κ3) is 5.56. The van der Waals surface area contributed by atoms with E-state index >= 15 is 0 Å². The summed E-state index contributed by atoms with van der Waals surface area (Å²) in [5.74, 6) is 3.70. The molecule has 0 radical (unpaired) electrons. The minimum absolute atomic E-state index is 0.111. The maximum Gasteiger partial charge on any atom is 0.270 e. The molecule has 0 bridgehead atoms. The molecule has 2 N–H and O–H groups in total. The van der Waals surface area contributed by atoms with Crippen molar-refractivity contribution in [3.63, 3.8) is 0 Å². The number of carbonyl (C=O) groups is 2. The fraction of sp³-hybridized carbons (Fsp3) is 0.364. The summed E-state index contributed by atoms with van der Waals surface area (Å²) in [6.07, 6.45) is 7.87. The lowest BCUT2D eigenvalue weighted by Gasteiger charge is -2.59. The maximum atomic E-state index is 13.5. The van der Waals surface area contributed by atoms with Crippen LogP contribution in [0.1, 0.15) is 93.1 Å². The van der Waals surface area contributed by atoms with Gasteiger partial charge in [-0.3, -0.25) is 18.4 Å². The number of ether oxygens (including phenoxy) is 4. The van der Waals surface area contributed by atoms with Gasteiger partial charge in [0.1, 0.15) is 22.7 Å². The summed E-state index contributed by atoms with van der Waals surface area (Å²) < 4.78 is 27.9. The summed E-state index contributed by atoms with van der Waals surface area (Å²) in [5, 5.41) is 6.14. The van der Waals surface area contributed by atoms with Crippen molar-refractivity contribution in [2.45, 2.75) is 78.7 Å². The number of benzene rings is 2. The summed E-state index contributed by atoms with van der Waals surface area (Å²) in [6.45, 7) is 9.00. The normalized spacial score (nSPS) is 21.5. The van der Waals surface area contributed by atoms with E-state index in [-0.39, 0.29) is 30.3 Å². The van der Waals surface area contributed by atoms with Crippen LogP contribution in [0.5, 0.6) is 23.0 Å². The summed E-state index contributed by atoms with van der Waals surface area (Å²) in [7, 11) is 0. The molecule has 3 unspecified atom stereocenters. The Kier molecular flexibility index (Phi) is 8.02. The summed E-state index contributed by atoms with van der Waals surface area (Å²) in [6, 6.07) is 19.9. The predicted molar refractivity (Wildman–Crippen MR) is 207 cm³/mol. The number of rotatable bonds is 9. The van der Waals surface area contributed by atoms with Crippen molar-refractivity contribution in [2.24, 2.45) is 17.3 Å². The number of aromatic nitrogens is 4. The van der Waals surface area contributed by atoms with Crippen LogP contribution in [-0.2, 0) is 13.1 Å². The molecule has 4 aromatic heterocycles. The summed E-state index contributed by atoms with van der Waals surface area (Å²) >= 11 is 0. The number of nitrogens with one attached hydrogen (secondary N) is 2. The van der Waals surface area contributed by atoms with Gasteiger partial charge in [0, 0.05) is 30.9 Å². The van der Waals surface area contributed by atoms with E-state index in [9.17, 15) is 9.59 Å². The van der Waals surface area contributed by atoms with Gasteiger partial charge < -0.3 is 29.6 Å². The smallest absolute Gasteiger partial charge is 0.270 e. The Morgan fingerprint density at radius 1 is 0.768 bits per heavy atom. The molecule has 2 amide bonds. The van der Waals surface area contributed by atoms with Crippen molar-refractivity contribution < 1.29 is 28.5 Å². The molecular formula is C44H44N6O6. The number of carbonyl (C=O) groups excluding carboxylic acids is 2. The topological polar surface area (TPSA) is 130 Å². The Labute approximate surface area is 324 Å². The minimum Gasteiger partial charge on any atom is -0.454 e. The van der Waals surface area contributed by atoms with E-state index < -0.39 is 0 Å². The zero-order valence-corrected chi connectivity index (χ0v) is 31.9. The minimum atomic E-state index is -0.377. The Morgan fingerprint density at radius 2 is 1.43 bits per heavy atom. The number of fused-ring (bicyclic) bond motifs is 4. The van der Waals surface area contributed by atoms with Crippen LogP contribution in [0.2, 0.25) is 0 Å². The van der Waals surface area contributed by atoms with Gasteiger partial charge in [0.2, 0.25) is 13.1 Å². The Balaban J connectivity index is 0.827. The number of aryl methyl sites for hydroxylation is 3. The molecule has 10 rings (SSSR count). The quantitative estimate of drug-likeness (QED) is 0.159. The SMILES string of the molecule is Cc1ccc2nc(C)c(C(=O)NCc3ccc4c(c3)OC(C3(C5C[C@@H](C)C5c5ccn6c(C(=O)NCc7ccc8c(c7)OCO8)c(C)nc6c5)CCC3)O4)n2c1. The van der Waals surface area contributed by atoms with Crippen molar-refractivity contribution in [1.82, 2.24) is 29.4 Å². The van der Waals surface area contributed by atoms with Crippen LogP contribution in [-0.4, -0.2) is 43.7 Å². The van der Waals surface area contributed by atoms with Crippen LogP contribution in [0.3, 0.4) is 0 Å². The van der Waals surface area contributed by atoms with Gasteiger partial charge in [-0.25, -0.2) is 9.97 Å². The van der Waals surface area contributed by atoms with Crippen LogP contribution in [0.15, 0.2) is 73.1 Å². The van der Waals surface area contributed by atoms with E-state index in [1.807, 2.05) is 90.5 Å². The van der Waals surface area contributed by atoms with Crippen LogP contribution >= 0.6 is 0 Å². The highest BCUT2D eigenvalue weighted by atomic mass is 16.7. The molecule has 12 nitrogen and oxygen atoms in total. The highest BCUT2D eigenvalue weighted by molar-refractivity contribution is 5.95. The van der Waals surface area contributed by atoms with E-state index in [0.29, 0.717) is 65.1 Å². The molecule has 2 aliphatic heterocycles. The van der Waals surface area contributed by atoms with Crippen molar-refractivity contribution in [3.8, 4) is 23.0 Å². The number of nitrogens with zero attached hydrogens (tertiary/aromatic N) is 4. The van der Waals surface area contributed by atoms with Crippen molar-refractivity contribution in [1.29, 1.82) is 0 Å². The summed E-state index contributed by atoms with van der Waals surface area (Å²) in [4.78, 5) is 36.2. The molecule has 2 aromatic carbocycles. The van der Waals surface area contributed by atoms with Crippen molar-refractivity contribution in [3.05, 3.63) is 118 Å². The van der Waals surface area contributed by atoms with Crippen LogP contribution in [0.25, 0.3) is 11.3 Å². The monoisotopic (exact) mass is 752 g/mol. The molecule has 2 fully saturated rings. The molecular weight excluding hydrogens is 709 g/mol. The van der Waals surface area contributed by atoms with Crippen molar-refractivity contribution >= 4 is 23.1 Å². The van der Waals surface area contributed by atoms with Gasteiger partial charge in [0.25, 0.3) is 11.8 Å². The van der Waals surface area contributed by atoms with E-state index in [4.69, 9.17) is 23.9 Å². The Hall–Kier alpha value is -6.04. The van der Waals surface area contributed by atoms with Gasteiger partial charge in [0.05, 0.1) is 11.4 Å². The van der Waals surface area contributed by atoms with Gasteiger partial charge in [-0.05, 0) is 123 Å². The van der Waals surface area contributed by atoms with E-state index in [2.05, 4.69) is 34.7 Å². The van der Waals surface area contributed by atoms with Gasteiger partial charge in [-0.15, -0.1) is 0 Å². The average molecular weight is 753 g/mol. The van der Waals surface area contributed by atoms with Gasteiger partial charge >= 0.3 is 0 Å². The first kappa shape index (κ1) is 34.5. The first-order valence-corrected chi connectivity index (χ1v) is 19.5. The molecule has 0 saturated heterocycles. The first-order chi connectivity index (χ1) is 27.1. The lowest BCUT2D eigenvalue weighted by molar-refractivity contribution is -0.175. The highest BCUT2D eigenvalue weighted by Crippen LogP contribution is 2.65. The molecule has 4 atom stereocenters. The van der Waals surface area contributed by atoms with Gasteiger partial charge in [-0.2, -0.15) is 0 Å². The van der Waals surface area contributed by atoms with E-state index in [1.54, 1.807) is 0 Å². The van der Waals surface area contributed by atoms with E-state index in [1.165, 1.54) is 5.56 Å². The third-order valence-electron chi connectivity index (χ3n) is 12.6. The zero-order chi connectivity index (χ0) is 38.3. The second-order valence-electron chi connectivity index (χ2n) is 16.0. The standard InChI is InChI=1S/C44H44N6O6/c1-24-6-11-36-47-27(4)40(50(36)22-24)42(52)46-21-29-8-10-33-35(18-29)56-43(55-33)44(13-5-14-44)31-16-25(2)38(31)30-12-15-49-37(19-30)48-26(3)39(49)41(51)45-20-28-7-9-32-34(17-28)54-23-53-32/h6-12,15,17-19,22,25,31,38,43H,5,13-14,16,20-21,23H2,1-4H3,(H,45,51)(H,46,52)/t25-,31?,38?,43?/m1/s1.